The highest BCUT2D eigenvalue weighted by atomic mass is 79.9. The minimum Gasteiger partial charge on any atom is -0.493 e. The zero-order chi connectivity index (χ0) is 17.7. The van der Waals surface area contributed by atoms with Gasteiger partial charge in [0.1, 0.15) is 5.75 Å². The van der Waals surface area contributed by atoms with Gasteiger partial charge in [0.05, 0.1) is 18.1 Å². The number of amides is 1. The Bertz CT molecular complexity index is 595. The summed E-state index contributed by atoms with van der Waals surface area (Å²) in [5, 5.41) is 9.07. The molecule has 1 saturated heterocycles. The molecule has 0 saturated carbocycles. The quantitative estimate of drug-likeness (QED) is 0.792. The first-order valence-electron chi connectivity index (χ1n) is 8.33. The third-order valence-electron chi connectivity index (χ3n) is 4.26. The number of carbonyl (C=O) groups excluding carboxylic acids is 1. The van der Waals surface area contributed by atoms with Crippen LogP contribution in [0.4, 0.5) is 0 Å². The van der Waals surface area contributed by atoms with Crippen LogP contribution in [0.5, 0.6) is 5.75 Å². The van der Waals surface area contributed by atoms with Crippen LogP contribution in [0.25, 0.3) is 0 Å². The smallest absolute Gasteiger partial charge is 0.306 e. The highest BCUT2D eigenvalue weighted by molar-refractivity contribution is 9.10. The lowest BCUT2D eigenvalue weighted by Gasteiger charge is -2.30. The molecule has 0 radical (unpaired) electrons. The van der Waals surface area contributed by atoms with Crippen LogP contribution in [0.3, 0.4) is 0 Å². The van der Waals surface area contributed by atoms with Crippen molar-refractivity contribution in [2.75, 3.05) is 19.7 Å². The molecule has 1 amide bonds. The van der Waals surface area contributed by atoms with Gasteiger partial charge >= 0.3 is 5.97 Å². The van der Waals surface area contributed by atoms with Gasteiger partial charge in [0.25, 0.3) is 5.91 Å². The van der Waals surface area contributed by atoms with Crippen molar-refractivity contribution in [2.24, 2.45) is 11.8 Å². The predicted molar refractivity (Wildman–Crippen MR) is 95.4 cm³/mol. The molecule has 0 aromatic heterocycles. The number of likely N-dealkylation sites (tertiary alicyclic amines) is 1. The van der Waals surface area contributed by atoms with Crippen LogP contribution in [0.2, 0.25) is 0 Å². The molecular formula is C18H24BrNO4. The van der Waals surface area contributed by atoms with Gasteiger partial charge in [-0.1, -0.05) is 29.8 Å². The number of halogens is 1. The van der Waals surface area contributed by atoms with Crippen molar-refractivity contribution in [1.29, 1.82) is 0 Å². The lowest BCUT2D eigenvalue weighted by atomic mass is 9.96. The number of benzene rings is 1. The van der Waals surface area contributed by atoms with Crippen LogP contribution in [0, 0.1) is 11.8 Å². The van der Waals surface area contributed by atoms with E-state index < -0.39 is 5.97 Å². The Morgan fingerprint density at radius 2 is 2.00 bits per heavy atom. The third kappa shape index (κ3) is 4.97. The standard InChI is InChI=1S/C18H24BrNO4/c1-12(2)7-10-24-16-4-3-14(19)11-15(16)17(21)20-8-5-13(6-9-20)18(22)23/h3-4,11-13H,5-10H2,1-2H3,(H,22,23). The SMILES string of the molecule is CC(C)CCOc1ccc(Br)cc1C(=O)N1CCC(C(=O)O)CC1. The molecule has 1 aliphatic rings. The lowest BCUT2D eigenvalue weighted by Crippen LogP contribution is -2.40. The summed E-state index contributed by atoms with van der Waals surface area (Å²) in [5.74, 6) is -0.0980. The summed E-state index contributed by atoms with van der Waals surface area (Å²) in [6.07, 6.45) is 1.92. The van der Waals surface area contributed by atoms with E-state index in [2.05, 4.69) is 29.8 Å². The van der Waals surface area contributed by atoms with E-state index in [0.29, 0.717) is 49.8 Å². The zero-order valence-corrected chi connectivity index (χ0v) is 15.7. The van der Waals surface area contributed by atoms with E-state index in [4.69, 9.17) is 9.84 Å². The van der Waals surface area contributed by atoms with Crippen molar-refractivity contribution in [3.8, 4) is 5.75 Å². The molecule has 6 heteroatoms. The first-order chi connectivity index (χ1) is 11.4. The number of nitrogens with zero attached hydrogens (tertiary/aromatic N) is 1. The number of ether oxygens (including phenoxy) is 1. The molecular weight excluding hydrogens is 374 g/mol. The second kappa shape index (κ2) is 8.51. The Labute approximate surface area is 151 Å². The van der Waals surface area contributed by atoms with Gasteiger partial charge < -0.3 is 14.7 Å². The molecule has 0 bridgehead atoms. The van der Waals surface area contributed by atoms with Crippen molar-refractivity contribution in [3.05, 3.63) is 28.2 Å². The van der Waals surface area contributed by atoms with Gasteiger partial charge in [0.2, 0.25) is 0 Å². The van der Waals surface area contributed by atoms with E-state index in [-0.39, 0.29) is 11.8 Å². The Balaban J connectivity index is 2.08. The molecule has 0 unspecified atom stereocenters. The normalized spacial score (nSPS) is 15.6. The average Bonchev–Trinajstić information content (AvgIpc) is 2.55. The number of piperidine rings is 1. The molecule has 5 nitrogen and oxygen atoms in total. The number of carbonyl (C=O) groups is 2. The number of hydrogen-bond acceptors (Lipinski definition) is 3. The van der Waals surface area contributed by atoms with E-state index in [0.717, 1.165) is 10.9 Å². The van der Waals surface area contributed by atoms with Gasteiger partial charge in [-0.3, -0.25) is 9.59 Å². The molecule has 24 heavy (non-hydrogen) atoms. The summed E-state index contributed by atoms with van der Waals surface area (Å²) in [7, 11) is 0. The lowest BCUT2D eigenvalue weighted by molar-refractivity contribution is -0.143. The van der Waals surface area contributed by atoms with Gasteiger partial charge in [0, 0.05) is 17.6 Å². The summed E-state index contributed by atoms with van der Waals surface area (Å²) in [6, 6.07) is 5.44. The van der Waals surface area contributed by atoms with Crippen molar-refractivity contribution in [2.45, 2.75) is 33.1 Å². The summed E-state index contributed by atoms with van der Waals surface area (Å²) in [4.78, 5) is 25.6. The number of carboxylic acids is 1. The molecule has 1 aliphatic heterocycles. The molecule has 2 rings (SSSR count). The Kier molecular flexibility index (Phi) is 6.66. The van der Waals surface area contributed by atoms with Crippen molar-refractivity contribution < 1.29 is 19.4 Å². The summed E-state index contributed by atoms with van der Waals surface area (Å²) in [5.41, 5.74) is 0.530. The maximum absolute atomic E-state index is 12.8. The Morgan fingerprint density at radius 3 is 2.58 bits per heavy atom. The molecule has 1 fully saturated rings. The van der Waals surface area contributed by atoms with E-state index in [9.17, 15) is 9.59 Å². The first-order valence-corrected chi connectivity index (χ1v) is 9.12. The van der Waals surface area contributed by atoms with Crippen LogP contribution in [0.1, 0.15) is 43.5 Å². The maximum atomic E-state index is 12.8. The third-order valence-corrected chi connectivity index (χ3v) is 4.75. The Morgan fingerprint density at radius 1 is 1.33 bits per heavy atom. The molecule has 1 aromatic carbocycles. The highest BCUT2D eigenvalue weighted by Crippen LogP contribution is 2.27. The highest BCUT2D eigenvalue weighted by Gasteiger charge is 2.28. The fraction of sp³-hybridized carbons (Fsp3) is 0.556. The van der Waals surface area contributed by atoms with Crippen LogP contribution in [0.15, 0.2) is 22.7 Å². The summed E-state index contributed by atoms with van der Waals surface area (Å²) < 4.78 is 6.63. The largest absolute Gasteiger partial charge is 0.493 e. The fourth-order valence-corrected chi connectivity index (χ4v) is 3.06. The van der Waals surface area contributed by atoms with E-state index >= 15 is 0 Å². The second-order valence-electron chi connectivity index (χ2n) is 6.58. The number of hydrogen-bond donors (Lipinski definition) is 1. The summed E-state index contributed by atoms with van der Waals surface area (Å²) >= 11 is 3.40. The number of aliphatic carboxylic acids is 1. The van der Waals surface area contributed by atoms with Crippen LogP contribution in [-0.2, 0) is 4.79 Å². The van der Waals surface area contributed by atoms with Gasteiger partial charge in [-0.2, -0.15) is 0 Å². The molecule has 0 aliphatic carbocycles. The van der Waals surface area contributed by atoms with E-state index in [1.165, 1.54) is 0 Å². The fourth-order valence-electron chi connectivity index (χ4n) is 2.70. The van der Waals surface area contributed by atoms with Crippen LogP contribution >= 0.6 is 15.9 Å². The van der Waals surface area contributed by atoms with Crippen molar-refractivity contribution >= 4 is 27.8 Å². The molecule has 1 N–H and O–H groups in total. The van der Waals surface area contributed by atoms with Gasteiger partial charge in [0.15, 0.2) is 0 Å². The van der Waals surface area contributed by atoms with Gasteiger partial charge in [-0.25, -0.2) is 0 Å². The van der Waals surface area contributed by atoms with Gasteiger partial charge in [-0.15, -0.1) is 0 Å². The van der Waals surface area contributed by atoms with Crippen LogP contribution < -0.4 is 4.74 Å². The minimum atomic E-state index is -0.776. The van der Waals surface area contributed by atoms with Crippen molar-refractivity contribution in [1.82, 2.24) is 4.90 Å². The molecule has 1 aromatic rings. The van der Waals surface area contributed by atoms with Crippen molar-refractivity contribution in [3.63, 3.8) is 0 Å². The zero-order valence-electron chi connectivity index (χ0n) is 14.1. The monoisotopic (exact) mass is 397 g/mol. The Hall–Kier alpha value is -1.56. The second-order valence-corrected chi connectivity index (χ2v) is 7.49. The average molecular weight is 398 g/mol. The van der Waals surface area contributed by atoms with Crippen LogP contribution in [-0.4, -0.2) is 41.6 Å². The predicted octanol–water partition coefficient (Wildman–Crippen LogP) is 3.81. The number of rotatable bonds is 6. The molecule has 1 heterocycles. The van der Waals surface area contributed by atoms with Gasteiger partial charge in [-0.05, 0) is 43.4 Å². The minimum absolute atomic E-state index is 0.0975. The number of carboxylic acid groups (broad SMARTS) is 1. The molecule has 132 valence electrons. The van der Waals surface area contributed by atoms with E-state index in [1.807, 2.05) is 12.1 Å². The maximum Gasteiger partial charge on any atom is 0.306 e. The molecule has 0 spiro atoms. The summed E-state index contributed by atoms with van der Waals surface area (Å²) in [6.45, 7) is 5.76. The topological polar surface area (TPSA) is 66.8 Å². The van der Waals surface area contributed by atoms with E-state index in [1.54, 1.807) is 11.0 Å². The first kappa shape index (κ1) is 18.8. The molecule has 0 atom stereocenters.